The maximum atomic E-state index is 6.05. The Morgan fingerprint density at radius 3 is 2.46 bits per heavy atom. The maximum Gasteiger partial charge on any atom is 0.0646 e. The predicted molar refractivity (Wildman–Crippen MR) is 56.8 cm³/mol. The van der Waals surface area contributed by atoms with E-state index in [4.69, 9.17) is 11.6 Å². The first-order valence-electron chi connectivity index (χ1n) is 4.24. The summed E-state index contributed by atoms with van der Waals surface area (Å²) in [6.45, 7) is 0. The molecule has 1 heterocycles. The van der Waals surface area contributed by atoms with Crippen molar-refractivity contribution in [1.82, 2.24) is 0 Å². The average molecular weight is 192 g/mol. The molecular formula is C11H10ClN. The zero-order valence-corrected chi connectivity index (χ0v) is 7.91. The number of rotatable bonds is 1. The summed E-state index contributed by atoms with van der Waals surface area (Å²) < 4.78 is 0. The van der Waals surface area contributed by atoms with E-state index in [-0.39, 0.29) is 0 Å². The molecule has 0 atom stereocenters. The summed E-state index contributed by atoms with van der Waals surface area (Å²) in [6, 6.07) is 7.82. The lowest BCUT2D eigenvalue weighted by molar-refractivity contribution is 1.18. The number of hydrogen-bond donors (Lipinski definition) is 0. The highest BCUT2D eigenvalue weighted by molar-refractivity contribution is 6.33. The van der Waals surface area contributed by atoms with Gasteiger partial charge in [0.25, 0.3) is 0 Å². The Bertz CT molecular complexity index is 343. The summed E-state index contributed by atoms with van der Waals surface area (Å²) in [7, 11) is 0. The number of benzene rings is 1. The molecule has 1 aliphatic rings. The molecule has 0 aliphatic carbocycles. The molecule has 2 rings (SSSR count). The third-order valence-electron chi connectivity index (χ3n) is 1.93. The van der Waals surface area contributed by atoms with Gasteiger partial charge in [0.1, 0.15) is 0 Å². The van der Waals surface area contributed by atoms with E-state index in [0.29, 0.717) is 0 Å². The van der Waals surface area contributed by atoms with Crippen molar-refractivity contribution in [2.45, 2.75) is 6.42 Å². The highest BCUT2D eigenvalue weighted by Crippen LogP contribution is 2.26. The van der Waals surface area contributed by atoms with Crippen molar-refractivity contribution in [3.05, 3.63) is 53.8 Å². The Morgan fingerprint density at radius 2 is 1.77 bits per heavy atom. The molecule has 0 aromatic heterocycles. The van der Waals surface area contributed by atoms with Crippen LogP contribution in [0.5, 0.6) is 0 Å². The number of nitrogens with zero attached hydrogens (tertiary/aromatic N) is 1. The summed E-state index contributed by atoms with van der Waals surface area (Å²) in [5.74, 6) is 0. The van der Waals surface area contributed by atoms with Crippen LogP contribution >= 0.6 is 11.6 Å². The van der Waals surface area contributed by atoms with Crippen LogP contribution in [0.2, 0.25) is 5.02 Å². The summed E-state index contributed by atoms with van der Waals surface area (Å²) >= 11 is 6.05. The lowest BCUT2D eigenvalue weighted by Crippen LogP contribution is -2.08. The molecule has 0 spiro atoms. The molecule has 0 bridgehead atoms. The molecule has 13 heavy (non-hydrogen) atoms. The molecule has 0 radical (unpaired) electrons. The van der Waals surface area contributed by atoms with Gasteiger partial charge in [-0.3, -0.25) is 0 Å². The SMILES string of the molecule is Clc1ccccc1N1C=CCC=C1. The Labute approximate surface area is 82.9 Å². The minimum Gasteiger partial charge on any atom is -0.323 e. The highest BCUT2D eigenvalue weighted by atomic mass is 35.5. The van der Waals surface area contributed by atoms with Crippen molar-refractivity contribution in [2.24, 2.45) is 0 Å². The first kappa shape index (κ1) is 8.39. The van der Waals surface area contributed by atoms with Crippen LogP contribution in [0.4, 0.5) is 5.69 Å². The van der Waals surface area contributed by atoms with Crippen molar-refractivity contribution >= 4 is 17.3 Å². The van der Waals surface area contributed by atoms with Crippen LogP contribution < -0.4 is 4.90 Å². The van der Waals surface area contributed by atoms with Crippen LogP contribution in [0.15, 0.2) is 48.8 Å². The molecule has 1 aliphatic heterocycles. The van der Waals surface area contributed by atoms with Crippen LogP contribution in [0.25, 0.3) is 0 Å². The summed E-state index contributed by atoms with van der Waals surface area (Å²) in [4.78, 5) is 2.02. The summed E-state index contributed by atoms with van der Waals surface area (Å²) in [6.07, 6.45) is 9.26. The fourth-order valence-corrected chi connectivity index (χ4v) is 1.53. The third-order valence-corrected chi connectivity index (χ3v) is 2.25. The van der Waals surface area contributed by atoms with Gasteiger partial charge >= 0.3 is 0 Å². The largest absolute Gasteiger partial charge is 0.323 e. The van der Waals surface area contributed by atoms with Crippen LogP contribution in [-0.4, -0.2) is 0 Å². The smallest absolute Gasteiger partial charge is 0.0646 e. The molecule has 1 nitrogen and oxygen atoms in total. The first-order chi connectivity index (χ1) is 6.38. The Balaban J connectivity index is 2.34. The van der Waals surface area contributed by atoms with E-state index in [1.807, 2.05) is 41.6 Å². The predicted octanol–water partition coefficient (Wildman–Crippen LogP) is 3.58. The zero-order valence-electron chi connectivity index (χ0n) is 7.15. The molecule has 0 fully saturated rings. The molecule has 0 unspecified atom stereocenters. The Morgan fingerprint density at radius 1 is 1.08 bits per heavy atom. The molecule has 1 aromatic carbocycles. The van der Waals surface area contributed by atoms with Gasteiger partial charge in [-0.05, 0) is 18.6 Å². The molecule has 0 amide bonds. The lowest BCUT2D eigenvalue weighted by atomic mass is 10.2. The molecule has 0 saturated carbocycles. The van der Waals surface area contributed by atoms with E-state index >= 15 is 0 Å². The normalized spacial score (nSPS) is 15.0. The van der Waals surface area contributed by atoms with Gasteiger partial charge < -0.3 is 4.90 Å². The zero-order chi connectivity index (χ0) is 9.10. The van der Waals surface area contributed by atoms with E-state index in [1.165, 1.54) is 0 Å². The van der Waals surface area contributed by atoms with E-state index in [2.05, 4.69) is 12.2 Å². The monoisotopic (exact) mass is 191 g/mol. The topological polar surface area (TPSA) is 3.24 Å². The minimum absolute atomic E-state index is 0.777. The van der Waals surface area contributed by atoms with Gasteiger partial charge in [0.15, 0.2) is 0 Å². The molecule has 2 heteroatoms. The number of halogens is 1. The van der Waals surface area contributed by atoms with Crippen LogP contribution in [-0.2, 0) is 0 Å². The van der Waals surface area contributed by atoms with Crippen molar-refractivity contribution in [2.75, 3.05) is 4.90 Å². The van der Waals surface area contributed by atoms with Crippen LogP contribution in [0.3, 0.4) is 0 Å². The van der Waals surface area contributed by atoms with E-state index in [0.717, 1.165) is 17.1 Å². The second-order valence-electron chi connectivity index (χ2n) is 2.86. The second-order valence-corrected chi connectivity index (χ2v) is 3.27. The van der Waals surface area contributed by atoms with E-state index in [9.17, 15) is 0 Å². The number of anilines is 1. The molecule has 0 N–H and O–H groups in total. The Hall–Kier alpha value is -1.21. The van der Waals surface area contributed by atoms with Gasteiger partial charge in [0.2, 0.25) is 0 Å². The fourth-order valence-electron chi connectivity index (χ4n) is 1.30. The van der Waals surface area contributed by atoms with Gasteiger partial charge in [-0.2, -0.15) is 0 Å². The fraction of sp³-hybridized carbons (Fsp3) is 0.0909. The molecule has 0 saturated heterocycles. The van der Waals surface area contributed by atoms with Gasteiger partial charge in [-0.15, -0.1) is 0 Å². The van der Waals surface area contributed by atoms with Gasteiger partial charge in [0.05, 0.1) is 10.7 Å². The number of para-hydroxylation sites is 1. The average Bonchev–Trinajstić information content (AvgIpc) is 2.20. The van der Waals surface area contributed by atoms with Crippen molar-refractivity contribution in [3.8, 4) is 0 Å². The highest BCUT2D eigenvalue weighted by Gasteiger charge is 2.04. The second kappa shape index (κ2) is 3.67. The lowest BCUT2D eigenvalue weighted by Gasteiger charge is -2.18. The third kappa shape index (κ3) is 1.76. The Kier molecular flexibility index (Phi) is 2.37. The van der Waals surface area contributed by atoms with Crippen molar-refractivity contribution in [1.29, 1.82) is 0 Å². The van der Waals surface area contributed by atoms with Crippen molar-refractivity contribution < 1.29 is 0 Å². The van der Waals surface area contributed by atoms with Gasteiger partial charge in [-0.1, -0.05) is 35.9 Å². The summed E-state index contributed by atoms with van der Waals surface area (Å²) in [5.41, 5.74) is 1.02. The van der Waals surface area contributed by atoms with Crippen molar-refractivity contribution in [3.63, 3.8) is 0 Å². The number of hydrogen-bond acceptors (Lipinski definition) is 1. The number of allylic oxidation sites excluding steroid dienone is 2. The molecule has 1 aromatic rings. The van der Waals surface area contributed by atoms with Crippen LogP contribution in [0.1, 0.15) is 6.42 Å². The quantitative estimate of drug-likeness (QED) is 0.656. The maximum absolute atomic E-state index is 6.05. The van der Waals surface area contributed by atoms with E-state index in [1.54, 1.807) is 0 Å². The van der Waals surface area contributed by atoms with Gasteiger partial charge in [-0.25, -0.2) is 0 Å². The standard InChI is InChI=1S/C11H10ClN/c12-10-6-2-3-7-11(10)13-8-4-1-5-9-13/h2-9H,1H2. The van der Waals surface area contributed by atoms with Gasteiger partial charge in [0, 0.05) is 12.4 Å². The molecular weight excluding hydrogens is 182 g/mol. The summed E-state index contributed by atoms with van der Waals surface area (Å²) in [5, 5.41) is 0.777. The van der Waals surface area contributed by atoms with E-state index < -0.39 is 0 Å². The first-order valence-corrected chi connectivity index (χ1v) is 4.62. The van der Waals surface area contributed by atoms with Crippen LogP contribution in [0, 0.1) is 0 Å². The minimum atomic E-state index is 0.777. The molecule has 66 valence electrons.